The Kier molecular flexibility index (Phi) is 7.22. The number of nitrogens with zero attached hydrogens (tertiary/aromatic N) is 5. The number of hydrogen-bond acceptors (Lipinski definition) is 4. The van der Waals surface area contributed by atoms with Crippen LogP contribution in [0.15, 0.2) is 52.2 Å². The number of piperazine rings is 1. The lowest BCUT2D eigenvalue weighted by atomic mass is 10.2. The van der Waals surface area contributed by atoms with E-state index >= 15 is 0 Å². The van der Waals surface area contributed by atoms with Crippen molar-refractivity contribution in [3.05, 3.63) is 52.8 Å². The van der Waals surface area contributed by atoms with Gasteiger partial charge in [-0.15, -0.1) is 24.0 Å². The lowest BCUT2D eigenvalue weighted by Crippen LogP contribution is -2.51. The van der Waals surface area contributed by atoms with Gasteiger partial charge >= 0.3 is 0 Å². The SMILES string of the molecule is I.NC(=NCc1cccc(Br)c1)N1CCN(c2ncccn2)CC1. The fourth-order valence-corrected chi connectivity index (χ4v) is 2.94. The third-order valence-electron chi connectivity index (χ3n) is 3.75. The number of aliphatic imine (C=N–C) groups is 1. The van der Waals surface area contributed by atoms with Gasteiger partial charge < -0.3 is 15.5 Å². The third kappa shape index (κ3) is 5.04. The number of rotatable bonds is 3. The molecule has 3 rings (SSSR count). The summed E-state index contributed by atoms with van der Waals surface area (Å²) in [5.74, 6) is 1.37. The molecule has 1 fully saturated rings. The van der Waals surface area contributed by atoms with E-state index in [1.807, 2.05) is 24.3 Å². The Labute approximate surface area is 167 Å². The van der Waals surface area contributed by atoms with Gasteiger partial charge in [0.25, 0.3) is 0 Å². The van der Waals surface area contributed by atoms with Crippen molar-refractivity contribution in [2.24, 2.45) is 10.7 Å². The number of nitrogens with two attached hydrogens (primary N) is 1. The van der Waals surface area contributed by atoms with E-state index in [0.29, 0.717) is 12.5 Å². The Morgan fingerprint density at radius 3 is 2.50 bits per heavy atom. The molecule has 0 unspecified atom stereocenters. The summed E-state index contributed by atoms with van der Waals surface area (Å²) in [6.07, 6.45) is 3.53. The van der Waals surface area contributed by atoms with Crippen LogP contribution in [0.25, 0.3) is 0 Å². The monoisotopic (exact) mass is 502 g/mol. The van der Waals surface area contributed by atoms with Crippen LogP contribution in [0, 0.1) is 0 Å². The number of guanidine groups is 1. The minimum atomic E-state index is 0. The molecule has 0 bridgehead atoms. The van der Waals surface area contributed by atoms with E-state index in [4.69, 9.17) is 5.73 Å². The first-order valence-corrected chi connectivity index (χ1v) is 8.33. The quantitative estimate of drug-likeness (QED) is 0.396. The highest BCUT2D eigenvalue weighted by molar-refractivity contribution is 14.0. The Balaban J connectivity index is 0.00000208. The van der Waals surface area contributed by atoms with Crippen molar-refractivity contribution in [3.63, 3.8) is 0 Å². The molecule has 6 nitrogen and oxygen atoms in total. The molecular weight excluding hydrogens is 483 g/mol. The molecule has 0 amide bonds. The lowest BCUT2D eigenvalue weighted by molar-refractivity contribution is 0.378. The van der Waals surface area contributed by atoms with E-state index in [9.17, 15) is 0 Å². The number of anilines is 1. The van der Waals surface area contributed by atoms with Crippen LogP contribution in [0.5, 0.6) is 0 Å². The number of hydrogen-bond donors (Lipinski definition) is 1. The molecule has 1 saturated heterocycles. The zero-order valence-corrected chi connectivity index (χ0v) is 17.1. The molecule has 1 aliphatic heterocycles. The van der Waals surface area contributed by atoms with Crippen LogP contribution >= 0.6 is 39.9 Å². The van der Waals surface area contributed by atoms with E-state index in [0.717, 1.165) is 42.2 Å². The van der Waals surface area contributed by atoms with Gasteiger partial charge in [0, 0.05) is 43.0 Å². The van der Waals surface area contributed by atoms with Crippen LogP contribution in [0.4, 0.5) is 5.95 Å². The smallest absolute Gasteiger partial charge is 0.225 e. The molecule has 0 radical (unpaired) electrons. The molecule has 1 aliphatic rings. The summed E-state index contributed by atoms with van der Waals surface area (Å²) in [5, 5.41) is 0. The standard InChI is InChI=1S/C16H19BrN6.HI/c17-14-4-1-3-13(11-14)12-21-15(18)22-7-9-23(10-8-22)16-19-5-2-6-20-16;/h1-6,11H,7-10,12H2,(H2,18,21);1H. The van der Waals surface area contributed by atoms with E-state index in [2.05, 4.69) is 46.8 Å². The topological polar surface area (TPSA) is 70.6 Å². The number of aromatic nitrogens is 2. The Morgan fingerprint density at radius 1 is 1.12 bits per heavy atom. The van der Waals surface area contributed by atoms with Crippen LogP contribution in [0.3, 0.4) is 0 Å². The van der Waals surface area contributed by atoms with Crippen LogP contribution in [0.2, 0.25) is 0 Å². The highest BCUT2D eigenvalue weighted by Crippen LogP contribution is 2.13. The van der Waals surface area contributed by atoms with Crippen molar-refractivity contribution in [2.45, 2.75) is 6.54 Å². The highest BCUT2D eigenvalue weighted by atomic mass is 127. The maximum Gasteiger partial charge on any atom is 0.225 e. The molecule has 0 saturated carbocycles. The number of halogens is 2. The van der Waals surface area contributed by atoms with Crippen molar-refractivity contribution in [1.82, 2.24) is 14.9 Å². The minimum absolute atomic E-state index is 0. The van der Waals surface area contributed by atoms with E-state index in [1.165, 1.54) is 0 Å². The largest absolute Gasteiger partial charge is 0.370 e. The second-order valence-corrected chi connectivity index (χ2v) is 6.24. The van der Waals surface area contributed by atoms with Crippen molar-refractivity contribution < 1.29 is 0 Å². The summed E-state index contributed by atoms with van der Waals surface area (Å²) in [4.78, 5) is 17.4. The molecule has 24 heavy (non-hydrogen) atoms. The van der Waals surface area contributed by atoms with Gasteiger partial charge in [-0.05, 0) is 23.8 Å². The number of benzene rings is 1. The molecule has 2 aromatic rings. The van der Waals surface area contributed by atoms with Crippen LogP contribution in [0.1, 0.15) is 5.56 Å². The fraction of sp³-hybridized carbons (Fsp3) is 0.312. The predicted octanol–water partition coefficient (Wildman–Crippen LogP) is 2.49. The van der Waals surface area contributed by atoms with Gasteiger partial charge in [-0.3, -0.25) is 0 Å². The highest BCUT2D eigenvalue weighted by Gasteiger charge is 2.19. The van der Waals surface area contributed by atoms with E-state index < -0.39 is 0 Å². The molecular formula is C16H20BrIN6. The predicted molar refractivity (Wildman–Crippen MR) is 111 cm³/mol. The van der Waals surface area contributed by atoms with Gasteiger partial charge in [0.1, 0.15) is 0 Å². The molecule has 0 spiro atoms. The first-order chi connectivity index (χ1) is 11.2. The summed E-state index contributed by atoms with van der Waals surface area (Å²) >= 11 is 3.47. The fourth-order valence-electron chi connectivity index (χ4n) is 2.50. The first kappa shape index (κ1) is 18.9. The Morgan fingerprint density at radius 2 is 1.83 bits per heavy atom. The molecule has 0 aliphatic carbocycles. The van der Waals surface area contributed by atoms with Gasteiger partial charge in [-0.2, -0.15) is 0 Å². The van der Waals surface area contributed by atoms with Gasteiger partial charge in [-0.1, -0.05) is 28.1 Å². The minimum Gasteiger partial charge on any atom is -0.370 e. The maximum atomic E-state index is 6.13. The Bertz CT molecular complexity index is 673. The second kappa shape index (κ2) is 9.16. The molecule has 1 aromatic heterocycles. The van der Waals surface area contributed by atoms with Crippen molar-refractivity contribution >= 4 is 51.8 Å². The van der Waals surface area contributed by atoms with Crippen LogP contribution in [-0.2, 0) is 6.54 Å². The third-order valence-corrected chi connectivity index (χ3v) is 4.24. The lowest BCUT2D eigenvalue weighted by Gasteiger charge is -2.35. The summed E-state index contributed by atoms with van der Waals surface area (Å²) in [7, 11) is 0. The van der Waals surface area contributed by atoms with Crippen molar-refractivity contribution in [3.8, 4) is 0 Å². The molecule has 1 aromatic carbocycles. The second-order valence-electron chi connectivity index (χ2n) is 5.33. The average molecular weight is 503 g/mol. The van der Waals surface area contributed by atoms with Crippen LogP contribution < -0.4 is 10.6 Å². The Hall–Kier alpha value is -1.42. The zero-order chi connectivity index (χ0) is 16.1. The zero-order valence-electron chi connectivity index (χ0n) is 13.2. The van der Waals surface area contributed by atoms with Crippen molar-refractivity contribution in [2.75, 3.05) is 31.1 Å². The summed E-state index contributed by atoms with van der Waals surface area (Å²) in [5.41, 5.74) is 7.27. The normalized spacial score (nSPS) is 15.1. The van der Waals surface area contributed by atoms with Gasteiger partial charge in [0.15, 0.2) is 5.96 Å². The van der Waals surface area contributed by atoms with Gasteiger partial charge in [0.2, 0.25) is 5.95 Å². The first-order valence-electron chi connectivity index (χ1n) is 7.53. The molecule has 0 atom stereocenters. The van der Waals surface area contributed by atoms with Gasteiger partial charge in [-0.25, -0.2) is 15.0 Å². The summed E-state index contributed by atoms with van der Waals surface area (Å²) < 4.78 is 1.06. The molecule has 8 heteroatoms. The summed E-state index contributed by atoms with van der Waals surface area (Å²) in [6.45, 7) is 3.93. The molecule has 128 valence electrons. The molecule has 2 heterocycles. The van der Waals surface area contributed by atoms with E-state index in [-0.39, 0.29) is 24.0 Å². The van der Waals surface area contributed by atoms with E-state index in [1.54, 1.807) is 12.4 Å². The maximum absolute atomic E-state index is 6.13. The van der Waals surface area contributed by atoms with Crippen molar-refractivity contribution in [1.29, 1.82) is 0 Å². The molecule has 2 N–H and O–H groups in total. The average Bonchev–Trinajstić information content (AvgIpc) is 2.61. The van der Waals surface area contributed by atoms with Crippen LogP contribution in [-0.4, -0.2) is 47.0 Å². The van der Waals surface area contributed by atoms with Gasteiger partial charge in [0.05, 0.1) is 6.54 Å². The summed E-state index contributed by atoms with van der Waals surface area (Å²) in [6, 6.07) is 9.94.